The lowest BCUT2D eigenvalue weighted by molar-refractivity contribution is -0.384. The zero-order chi connectivity index (χ0) is 21.2. The minimum Gasteiger partial charge on any atom is -0.378 e. The zero-order valence-electron chi connectivity index (χ0n) is 14.8. The summed E-state index contributed by atoms with van der Waals surface area (Å²) in [5.74, 6) is -0.733. The van der Waals surface area contributed by atoms with Crippen LogP contribution in [0.1, 0.15) is 15.9 Å². The molecule has 0 unspecified atom stereocenters. The number of anilines is 2. The van der Waals surface area contributed by atoms with Crippen LogP contribution in [0.5, 0.6) is 0 Å². The van der Waals surface area contributed by atoms with Gasteiger partial charge < -0.3 is 15.0 Å². The Kier molecular flexibility index (Phi) is 5.94. The van der Waals surface area contributed by atoms with Crippen LogP contribution in [0, 0.1) is 10.1 Å². The Morgan fingerprint density at radius 3 is 2.45 bits per heavy atom. The Hall–Kier alpha value is -2.85. The number of hydrogen-bond donors (Lipinski definition) is 1. The number of alkyl halides is 3. The van der Waals surface area contributed by atoms with Gasteiger partial charge in [0.1, 0.15) is 5.69 Å². The molecular weight excluding hydrogens is 415 g/mol. The fourth-order valence-corrected chi connectivity index (χ4v) is 3.10. The van der Waals surface area contributed by atoms with E-state index in [2.05, 4.69) is 5.32 Å². The van der Waals surface area contributed by atoms with Gasteiger partial charge in [0, 0.05) is 24.7 Å². The molecule has 0 aromatic heterocycles. The van der Waals surface area contributed by atoms with E-state index in [0.29, 0.717) is 38.1 Å². The average Bonchev–Trinajstić information content (AvgIpc) is 2.68. The highest BCUT2D eigenvalue weighted by Gasteiger charge is 2.31. The molecule has 1 fully saturated rings. The van der Waals surface area contributed by atoms with Crippen LogP contribution in [0.2, 0.25) is 5.02 Å². The van der Waals surface area contributed by atoms with E-state index in [1.54, 1.807) is 4.90 Å². The molecule has 0 aliphatic carbocycles. The van der Waals surface area contributed by atoms with Gasteiger partial charge in [-0.05, 0) is 30.3 Å². The molecule has 3 rings (SSSR count). The summed E-state index contributed by atoms with van der Waals surface area (Å²) in [6.45, 7) is 1.83. The number of nitro benzene ring substituents is 1. The Bertz CT molecular complexity index is 946. The van der Waals surface area contributed by atoms with Gasteiger partial charge in [0.15, 0.2) is 0 Å². The average molecular weight is 430 g/mol. The molecule has 0 bridgehead atoms. The van der Waals surface area contributed by atoms with Crippen molar-refractivity contribution in [1.82, 2.24) is 0 Å². The molecule has 11 heteroatoms. The fraction of sp³-hybridized carbons (Fsp3) is 0.278. The van der Waals surface area contributed by atoms with Crippen LogP contribution in [0.15, 0.2) is 36.4 Å². The predicted molar refractivity (Wildman–Crippen MR) is 101 cm³/mol. The molecule has 1 saturated heterocycles. The van der Waals surface area contributed by atoms with E-state index in [-0.39, 0.29) is 22.0 Å². The molecule has 2 aromatic rings. The third-order valence-electron chi connectivity index (χ3n) is 4.33. The highest BCUT2D eigenvalue weighted by Crippen LogP contribution is 2.34. The van der Waals surface area contributed by atoms with Crippen LogP contribution in [0.4, 0.5) is 30.2 Å². The van der Waals surface area contributed by atoms with Gasteiger partial charge in [0.25, 0.3) is 11.6 Å². The van der Waals surface area contributed by atoms with Gasteiger partial charge in [0.05, 0.1) is 34.4 Å². The van der Waals surface area contributed by atoms with Crippen LogP contribution in [0.3, 0.4) is 0 Å². The van der Waals surface area contributed by atoms with Gasteiger partial charge in [-0.1, -0.05) is 11.6 Å². The number of nitrogens with one attached hydrogen (secondary N) is 1. The number of carbonyl (C=O) groups is 1. The maximum Gasteiger partial charge on any atom is 0.416 e. The van der Waals surface area contributed by atoms with Crippen molar-refractivity contribution in [2.24, 2.45) is 0 Å². The fourth-order valence-electron chi connectivity index (χ4n) is 2.87. The van der Waals surface area contributed by atoms with Crippen molar-refractivity contribution >= 4 is 34.6 Å². The summed E-state index contributed by atoms with van der Waals surface area (Å²) in [5.41, 5.74) is -0.902. The van der Waals surface area contributed by atoms with Gasteiger partial charge in [-0.3, -0.25) is 14.9 Å². The second-order valence-electron chi connectivity index (χ2n) is 6.21. The van der Waals surface area contributed by atoms with Gasteiger partial charge in [-0.25, -0.2) is 0 Å². The minimum absolute atomic E-state index is 0.0234. The van der Waals surface area contributed by atoms with Crippen LogP contribution >= 0.6 is 11.6 Å². The summed E-state index contributed by atoms with van der Waals surface area (Å²) in [6.07, 6.45) is -4.57. The number of carbonyl (C=O) groups excluding carboxylic acids is 1. The Morgan fingerprint density at radius 1 is 1.17 bits per heavy atom. The molecule has 1 aliphatic rings. The number of nitro groups is 1. The van der Waals surface area contributed by atoms with Crippen molar-refractivity contribution in [3.05, 3.63) is 62.7 Å². The molecule has 0 atom stereocenters. The first kappa shape index (κ1) is 20.9. The molecule has 1 aliphatic heterocycles. The Labute approximate surface area is 168 Å². The first-order chi connectivity index (χ1) is 13.7. The molecule has 1 N–H and O–H groups in total. The molecule has 0 spiro atoms. The monoisotopic (exact) mass is 429 g/mol. The molecule has 29 heavy (non-hydrogen) atoms. The second kappa shape index (κ2) is 8.26. The highest BCUT2D eigenvalue weighted by molar-refractivity contribution is 6.34. The van der Waals surface area contributed by atoms with Gasteiger partial charge in [-0.2, -0.15) is 13.2 Å². The molecular formula is C18H15ClF3N3O4. The van der Waals surface area contributed by atoms with Crippen molar-refractivity contribution < 1.29 is 27.6 Å². The molecule has 0 saturated carbocycles. The SMILES string of the molecule is O=C(Nc1ccc(C(F)(F)F)cc1Cl)c1ccc(N2CCOCC2)c([N+](=O)[O-])c1. The van der Waals surface area contributed by atoms with Crippen LogP contribution in [-0.2, 0) is 10.9 Å². The predicted octanol–water partition coefficient (Wildman–Crippen LogP) is 4.36. The van der Waals surface area contributed by atoms with Crippen molar-refractivity contribution in [2.45, 2.75) is 6.18 Å². The molecule has 1 heterocycles. The number of ether oxygens (including phenoxy) is 1. The summed E-state index contributed by atoms with van der Waals surface area (Å²) < 4.78 is 43.4. The Morgan fingerprint density at radius 2 is 1.86 bits per heavy atom. The van der Waals surface area contributed by atoms with Crippen LogP contribution in [-0.4, -0.2) is 37.1 Å². The first-order valence-corrected chi connectivity index (χ1v) is 8.84. The van der Waals surface area contributed by atoms with Crippen LogP contribution < -0.4 is 10.2 Å². The summed E-state index contributed by atoms with van der Waals surface area (Å²) >= 11 is 5.83. The quantitative estimate of drug-likeness (QED) is 0.576. The van der Waals surface area contributed by atoms with Crippen LogP contribution in [0.25, 0.3) is 0 Å². The summed E-state index contributed by atoms with van der Waals surface area (Å²) in [5, 5.41) is 13.5. The third kappa shape index (κ3) is 4.77. The second-order valence-corrected chi connectivity index (χ2v) is 6.61. The lowest BCUT2D eigenvalue weighted by Crippen LogP contribution is -2.36. The van der Waals surface area contributed by atoms with E-state index >= 15 is 0 Å². The number of rotatable bonds is 4. The third-order valence-corrected chi connectivity index (χ3v) is 4.64. The normalized spacial score (nSPS) is 14.6. The summed E-state index contributed by atoms with van der Waals surface area (Å²) in [4.78, 5) is 25.1. The first-order valence-electron chi connectivity index (χ1n) is 8.46. The zero-order valence-corrected chi connectivity index (χ0v) is 15.6. The number of hydrogen-bond acceptors (Lipinski definition) is 5. The number of amides is 1. The smallest absolute Gasteiger partial charge is 0.378 e. The Balaban J connectivity index is 1.84. The van der Waals surface area contributed by atoms with E-state index in [1.165, 1.54) is 12.1 Å². The number of benzene rings is 2. The topological polar surface area (TPSA) is 84.7 Å². The van der Waals surface area contributed by atoms with E-state index < -0.39 is 22.6 Å². The number of nitrogens with zero attached hydrogens (tertiary/aromatic N) is 2. The maximum atomic E-state index is 12.7. The van der Waals surface area contributed by atoms with Crippen molar-refractivity contribution in [3.63, 3.8) is 0 Å². The van der Waals surface area contributed by atoms with E-state index in [1.807, 2.05) is 0 Å². The molecule has 0 radical (unpaired) electrons. The largest absolute Gasteiger partial charge is 0.416 e. The van der Waals surface area contributed by atoms with Crippen molar-refractivity contribution in [3.8, 4) is 0 Å². The number of morpholine rings is 1. The van der Waals surface area contributed by atoms with E-state index in [0.717, 1.165) is 18.2 Å². The number of halogens is 4. The van der Waals surface area contributed by atoms with E-state index in [4.69, 9.17) is 16.3 Å². The molecule has 2 aromatic carbocycles. The summed E-state index contributed by atoms with van der Waals surface area (Å²) in [7, 11) is 0. The highest BCUT2D eigenvalue weighted by atomic mass is 35.5. The van der Waals surface area contributed by atoms with Gasteiger partial charge in [0.2, 0.25) is 0 Å². The lowest BCUT2D eigenvalue weighted by atomic mass is 10.1. The van der Waals surface area contributed by atoms with Crippen molar-refractivity contribution in [2.75, 3.05) is 36.5 Å². The standard InChI is InChI=1S/C18H15ClF3N3O4/c19-13-10-12(18(20,21)22)2-3-14(13)23-17(26)11-1-4-15(16(9-11)25(27)28)24-5-7-29-8-6-24/h1-4,9-10H,5-8H2,(H,23,26). The lowest BCUT2D eigenvalue weighted by Gasteiger charge is -2.28. The van der Waals surface area contributed by atoms with Gasteiger partial charge >= 0.3 is 6.18 Å². The molecule has 7 nitrogen and oxygen atoms in total. The summed E-state index contributed by atoms with van der Waals surface area (Å²) in [6, 6.07) is 6.50. The minimum atomic E-state index is -4.57. The van der Waals surface area contributed by atoms with E-state index in [9.17, 15) is 28.1 Å². The van der Waals surface area contributed by atoms with Gasteiger partial charge in [-0.15, -0.1) is 0 Å². The maximum absolute atomic E-state index is 12.7. The molecule has 154 valence electrons. The molecule has 1 amide bonds. The van der Waals surface area contributed by atoms with Crippen molar-refractivity contribution in [1.29, 1.82) is 0 Å².